The molecule has 1 aliphatic heterocycles. The van der Waals surface area contributed by atoms with Crippen LogP contribution in [0, 0.1) is 5.92 Å². The molecule has 2 rings (SSSR count). The van der Waals surface area contributed by atoms with Crippen LogP contribution in [0.2, 0.25) is 0 Å². The van der Waals surface area contributed by atoms with Gasteiger partial charge in [-0.2, -0.15) is 0 Å². The third kappa shape index (κ3) is 5.02. The van der Waals surface area contributed by atoms with Gasteiger partial charge in [-0.3, -0.25) is 5.32 Å². The molecular formula is C18H28N2O2. The number of carbonyl (C=O) groups is 1. The Kier molecular flexibility index (Phi) is 5.46. The Labute approximate surface area is 133 Å². The number of nitrogens with one attached hydrogen (secondary N) is 2. The van der Waals surface area contributed by atoms with Crippen molar-refractivity contribution >= 4 is 11.8 Å². The number of anilines is 1. The van der Waals surface area contributed by atoms with Gasteiger partial charge < -0.3 is 10.1 Å². The van der Waals surface area contributed by atoms with Crippen molar-refractivity contribution in [1.29, 1.82) is 0 Å². The van der Waals surface area contributed by atoms with Crippen molar-refractivity contribution < 1.29 is 9.53 Å². The van der Waals surface area contributed by atoms with E-state index in [2.05, 4.69) is 29.7 Å². The maximum absolute atomic E-state index is 11.9. The molecule has 1 aromatic carbocycles. The minimum Gasteiger partial charge on any atom is -0.444 e. The van der Waals surface area contributed by atoms with Crippen molar-refractivity contribution in [1.82, 2.24) is 5.32 Å². The zero-order chi connectivity index (χ0) is 16.2. The molecule has 1 atom stereocenters. The van der Waals surface area contributed by atoms with Gasteiger partial charge in [0.05, 0.1) is 0 Å². The Morgan fingerprint density at radius 3 is 2.64 bits per heavy atom. The Hall–Kier alpha value is -1.55. The molecule has 0 bridgehead atoms. The second kappa shape index (κ2) is 7.14. The van der Waals surface area contributed by atoms with Gasteiger partial charge in [-0.05, 0) is 76.2 Å². The van der Waals surface area contributed by atoms with Gasteiger partial charge in [0.2, 0.25) is 0 Å². The molecule has 1 fully saturated rings. The first kappa shape index (κ1) is 16.8. The minimum absolute atomic E-state index is 0.404. The average molecular weight is 304 g/mol. The number of hydrogen-bond donors (Lipinski definition) is 2. The van der Waals surface area contributed by atoms with E-state index in [-0.39, 0.29) is 0 Å². The van der Waals surface area contributed by atoms with E-state index >= 15 is 0 Å². The van der Waals surface area contributed by atoms with E-state index < -0.39 is 11.7 Å². The summed E-state index contributed by atoms with van der Waals surface area (Å²) >= 11 is 0. The van der Waals surface area contributed by atoms with E-state index in [1.165, 1.54) is 18.4 Å². The molecule has 0 saturated carbocycles. The van der Waals surface area contributed by atoms with Gasteiger partial charge in [-0.15, -0.1) is 0 Å². The summed E-state index contributed by atoms with van der Waals surface area (Å²) in [5.41, 5.74) is 1.59. The topological polar surface area (TPSA) is 50.4 Å². The molecule has 1 saturated heterocycles. The summed E-state index contributed by atoms with van der Waals surface area (Å²) in [6.45, 7) is 10.1. The molecule has 1 unspecified atom stereocenters. The van der Waals surface area contributed by atoms with Crippen molar-refractivity contribution in [2.45, 2.75) is 52.1 Å². The molecule has 0 radical (unpaired) electrons. The number of ether oxygens (including phenoxy) is 1. The lowest BCUT2D eigenvalue weighted by Crippen LogP contribution is -2.30. The largest absolute Gasteiger partial charge is 0.444 e. The van der Waals surface area contributed by atoms with Gasteiger partial charge in [-0.1, -0.05) is 19.1 Å². The number of rotatable bonds is 3. The molecule has 122 valence electrons. The summed E-state index contributed by atoms with van der Waals surface area (Å²) in [5, 5.41) is 6.23. The van der Waals surface area contributed by atoms with E-state index in [1.54, 1.807) is 0 Å². The monoisotopic (exact) mass is 304 g/mol. The van der Waals surface area contributed by atoms with Crippen LogP contribution in [0.1, 0.15) is 52.0 Å². The highest BCUT2D eigenvalue weighted by molar-refractivity contribution is 5.84. The highest BCUT2D eigenvalue weighted by Gasteiger charge is 2.22. The van der Waals surface area contributed by atoms with Gasteiger partial charge in [0.15, 0.2) is 0 Å². The van der Waals surface area contributed by atoms with Crippen LogP contribution in [-0.4, -0.2) is 24.8 Å². The van der Waals surface area contributed by atoms with Crippen LogP contribution in [0.4, 0.5) is 10.5 Å². The molecule has 0 spiro atoms. The third-order valence-corrected chi connectivity index (χ3v) is 4.15. The Morgan fingerprint density at radius 2 is 2.00 bits per heavy atom. The van der Waals surface area contributed by atoms with Gasteiger partial charge in [0.1, 0.15) is 5.60 Å². The average Bonchev–Trinajstić information content (AvgIpc) is 2.45. The number of piperidine rings is 1. The van der Waals surface area contributed by atoms with Crippen molar-refractivity contribution in [3.63, 3.8) is 0 Å². The van der Waals surface area contributed by atoms with Gasteiger partial charge in [-0.25, -0.2) is 4.79 Å². The highest BCUT2D eigenvalue weighted by Crippen LogP contribution is 2.31. The first-order valence-corrected chi connectivity index (χ1v) is 8.16. The van der Waals surface area contributed by atoms with Crippen LogP contribution in [0.5, 0.6) is 0 Å². The summed E-state index contributed by atoms with van der Waals surface area (Å²) < 4.78 is 5.30. The molecule has 22 heavy (non-hydrogen) atoms. The Bertz CT molecular complexity index is 502. The predicted octanol–water partition coefficient (Wildman–Crippen LogP) is 4.14. The first-order valence-electron chi connectivity index (χ1n) is 8.16. The molecule has 1 heterocycles. The Morgan fingerprint density at radius 1 is 1.32 bits per heavy atom. The molecule has 0 aliphatic carbocycles. The van der Waals surface area contributed by atoms with Gasteiger partial charge in [0.25, 0.3) is 0 Å². The van der Waals surface area contributed by atoms with Gasteiger partial charge in [0, 0.05) is 5.69 Å². The van der Waals surface area contributed by atoms with E-state index in [0.29, 0.717) is 11.8 Å². The fourth-order valence-electron chi connectivity index (χ4n) is 2.94. The molecule has 1 aromatic rings. The van der Waals surface area contributed by atoms with E-state index in [9.17, 15) is 4.79 Å². The maximum Gasteiger partial charge on any atom is 0.412 e. The zero-order valence-electron chi connectivity index (χ0n) is 14.1. The molecule has 2 N–H and O–H groups in total. The standard InChI is InChI=1S/C18H28N2O2/c1-13(14-8-10-19-11-9-14)15-6-5-7-16(12-15)20-17(21)22-18(2,3)4/h5-7,12-14,19H,8-11H2,1-4H3,(H,20,21). The number of carbonyl (C=O) groups excluding carboxylic acids is 1. The summed E-state index contributed by atoms with van der Waals surface area (Å²) in [4.78, 5) is 11.9. The second-order valence-corrected chi connectivity index (χ2v) is 7.13. The lowest BCUT2D eigenvalue weighted by Gasteiger charge is -2.28. The quantitative estimate of drug-likeness (QED) is 0.882. The van der Waals surface area contributed by atoms with Crippen LogP contribution >= 0.6 is 0 Å². The summed E-state index contributed by atoms with van der Waals surface area (Å²) in [5.74, 6) is 1.21. The predicted molar refractivity (Wildman–Crippen MR) is 90.3 cm³/mol. The van der Waals surface area contributed by atoms with Crippen molar-refractivity contribution in [2.24, 2.45) is 5.92 Å². The highest BCUT2D eigenvalue weighted by atomic mass is 16.6. The van der Waals surface area contributed by atoms with Crippen LogP contribution in [0.15, 0.2) is 24.3 Å². The SMILES string of the molecule is CC(c1cccc(NC(=O)OC(C)(C)C)c1)C1CCNCC1. The summed E-state index contributed by atoms with van der Waals surface area (Å²) in [6.07, 6.45) is 2.02. The number of benzene rings is 1. The molecule has 4 heteroatoms. The van der Waals surface area contributed by atoms with Crippen LogP contribution < -0.4 is 10.6 Å². The zero-order valence-corrected chi connectivity index (χ0v) is 14.1. The lowest BCUT2D eigenvalue weighted by atomic mass is 9.82. The molecule has 1 amide bonds. The van der Waals surface area contributed by atoms with Crippen molar-refractivity contribution in [2.75, 3.05) is 18.4 Å². The second-order valence-electron chi connectivity index (χ2n) is 7.13. The number of hydrogen-bond acceptors (Lipinski definition) is 3. The van der Waals surface area contributed by atoms with Crippen molar-refractivity contribution in [3.05, 3.63) is 29.8 Å². The fraction of sp³-hybridized carbons (Fsp3) is 0.611. The molecular weight excluding hydrogens is 276 g/mol. The van der Waals surface area contributed by atoms with E-state index in [4.69, 9.17) is 4.74 Å². The molecule has 4 nitrogen and oxygen atoms in total. The third-order valence-electron chi connectivity index (χ3n) is 4.15. The Balaban J connectivity index is 2.01. The van der Waals surface area contributed by atoms with E-state index in [1.807, 2.05) is 32.9 Å². The van der Waals surface area contributed by atoms with Crippen molar-refractivity contribution in [3.8, 4) is 0 Å². The van der Waals surface area contributed by atoms with Crippen LogP contribution in [0.25, 0.3) is 0 Å². The number of amides is 1. The summed E-state index contributed by atoms with van der Waals surface area (Å²) in [7, 11) is 0. The first-order chi connectivity index (χ1) is 10.3. The minimum atomic E-state index is -0.482. The van der Waals surface area contributed by atoms with Crippen LogP contribution in [-0.2, 0) is 4.74 Å². The van der Waals surface area contributed by atoms with Crippen LogP contribution in [0.3, 0.4) is 0 Å². The maximum atomic E-state index is 11.9. The van der Waals surface area contributed by atoms with Gasteiger partial charge >= 0.3 is 6.09 Å². The molecule has 1 aliphatic rings. The smallest absolute Gasteiger partial charge is 0.412 e. The lowest BCUT2D eigenvalue weighted by molar-refractivity contribution is 0.0636. The van der Waals surface area contributed by atoms with E-state index in [0.717, 1.165) is 18.8 Å². The fourth-order valence-corrected chi connectivity index (χ4v) is 2.94. The summed E-state index contributed by atoms with van der Waals surface area (Å²) in [6, 6.07) is 8.12. The normalized spacial score (nSPS) is 17.8. The molecule has 0 aromatic heterocycles.